The van der Waals surface area contributed by atoms with Gasteiger partial charge in [-0.05, 0) is 78.9 Å². The molecular weight excluding hydrogens is 475 g/mol. The van der Waals surface area contributed by atoms with E-state index in [0.29, 0.717) is 23.4 Å². The van der Waals surface area contributed by atoms with Crippen LogP contribution in [0.5, 0.6) is 5.75 Å². The van der Waals surface area contributed by atoms with E-state index in [1.165, 1.54) is 36.8 Å². The summed E-state index contributed by atoms with van der Waals surface area (Å²) < 4.78 is 42.3. The summed E-state index contributed by atoms with van der Waals surface area (Å²) in [6, 6.07) is 17.0. The Morgan fingerprint density at radius 3 is 2.38 bits per heavy atom. The topological polar surface area (TPSA) is 27.7 Å². The highest BCUT2D eigenvalue weighted by molar-refractivity contribution is 5.34. The van der Waals surface area contributed by atoms with E-state index in [0.717, 1.165) is 44.8 Å². The SMILES string of the molecule is CC(C)c1ccccc1C1CN(Cc2ccc(OCC(F)(F)F)cc2)CCN1C1CC2(CCNCC2)C1. The Labute approximate surface area is 219 Å². The molecule has 1 N–H and O–H groups in total. The van der Waals surface area contributed by atoms with Gasteiger partial charge in [-0.2, -0.15) is 13.2 Å². The average Bonchev–Trinajstić information content (AvgIpc) is 2.87. The molecule has 1 spiro atoms. The van der Waals surface area contributed by atoms with Crippen molar-refractivity contribution in [3.05, 3.63) is 65.2 Å². The van der Waals surface area contributed by atoms with E-state index < -0.39 is 12.8 Å². The van der Waals surface area contributed by atoms with Gasteiger partial charge in [-0.25, -0.2) is 0 Å². The van der Waals surface area contributed by atoms with E-state index in [-0.39, 0.29) is 5.75 Å². The Morgan fingerprint density at radius 2 is 1.70 bits per heavy atom. The smallest absolute Gasteiger partial charge is 0.422 e. The van der Waals surface area contributed by atoms with Crippen molar-refractivity contribution in [2.45, 2.75) is 70.3 Å². The van der Waals surface area contributed by atoms with Gasteiger partial charge in [0.05, 0.1) is 0 Å². The van der Waals surface area contributed by atoms with Crippen molar-refractivity contribution in [3.8, 4) is 5.75 Å². The van der Waals surface area contributed by atoms with E-state index in [1.807, 2.05) is 12.1 Å². The van der Waals surface area contributed by atoms with Gasteiger partial charge in [0.2, 0.25) is 0 Å². The Balaban J connectivity index is 1.29. The van der Waals surface area contributed by atoms with E-state index in [1.54, 1.807) is 12.1 Å². The third-order valence-electron chi connectivity index (χ3n) is 8.69. The molecule has 1 saturated carbocycles. The zero-order valence-electron chi connectivity index (χ0n) is 22.1. The number of alkyl halides is 3. The van der Waals surface area contributed by atoms with Crippen LogP contribution in [-0.2, 0) is 6.54 Å². The van der Waals surface area contributed by atoms with Crippen LogP contribution in [0.1, 0.15) is 68.2 Å². The summed E-state index contributed by atoms with van der Waals surface area (Å²) in [7, 11) is 0. The number of nitrogens with one attached hydrogen (secondary N) is 1. The molecule has 5 rings (SSSR count). The molecule has 0 bridgehead atoms. The quantitative estimate of drug-likeness (QED) is 0.479. The standard InChI is InChI=1S/C30H40F3N3O/c1-22(2)26-5-3-4-6-27(26)28-20-35(19-23-7-9-25(10-8-23)37-21-30(31,32)33)15-16-36(28)24-17-29(18-24)11-13-34-14-12-29/h3-10,22,24,28,34H,11-21H2,1-2H3. The highest BCUT2D eigenvalue weighted by Crippen LogP contribution is 2.52. The third-order valence-corrected chi connectivity index (χ3v) is 8.69. The molecule has 2 heterocycles. The number of hydrogen-bond acceptors (Lipinski definition) is 4. The largest absolute Gasteiger partial charge is 0.484 e. The van der Waals surface area contributed by atoms with Crippen LogP contribution < -0.4 is 10.1 Å². The van der Waals surface area contributed by atoms with Crippen LogP contribution >= 0.6 is 0 Å². The van der Waals surface area contributed by atoms with Gasteiger partial charge >= 0.3 is 6.18 Å². The van der Waals surface area contributed by atoms with Crippen LogP contribution in [0.15, 0.2) is 48.5 Å². The molecule has 1 atom stereocenters. The summed E-state index contributed by atoms with van der Waals surface area (Å²) in [6.45, 7) is 9.39. The van der Waals surface area contributed by atoms with Gasteiger partial charge in [0.1, 0.15) is 5.75 Å². The first-order chi connectivity index (χ1) is 17.7. The van der Waals surface area contributed by atoms with Crippen LogP contribution in [-0.4, -0.2) is 61.3 Å². The second-order valence-corrected chi connectivity index (χ2v) is 11.6. The molecule has 4 nitrogen and oxygen atoms in total. The highest BCUT2D eigenvalue weighted by atomic mass is 19.4. The maximum absolute atomic E-state index is 12.5. The van der Waals surface area contributed by atoms with Gasteiger partial charge in [-0.15, -0.1) is 0 Å². The molecule has 1 aliphatic carbocycles. The van der Waals surface area contributed by atoms with Crippen LogP contribution in [0.25, 0.3) is 0 Å². The molecule has 3 fully saturated rings. The van der Waals surface area contributed by atoms with Crippen molar-refractivity contribution in [1.29, 1.82) is 0 Å². The minimum absolute atomic E-state index is 0.256. The lowest BCUT2D eigenvalue weighted by Crippen LogP contribution is -2.59. The van der Waals surface area contributed by atoms with Gasteiger partial charge in [-0.3, -0.25) is 9.80 Å². The predicted octanol–water partition coefficient (Wildman–Crippen LogP) is 6.14. The number of rotatable bonds is 7. The first-order valence-electron chi connectivity index (χ1n) is 13.8. The summed E-state index contributed by atoms with van der Waals surface area (Å²) in [5.41, 5.74) is 4.53. The number of hydrogen-bond donors (Lipinski definition) is 1. The molecule has 2 aromatic carbocycles. The third kappa shape index (κ3) is 6.32. The number of piperidine rings is 1. The second-order valence-electron chi connectivity index (χ2n) is 11.6. The Bertz CT molecular complexity index is 1030. The van der Waals surface area contributed by atoms with Gasteiger partial charge in [0, 0.05) is 38.3 Å². The Morgan fingerprint density at radius 1 is 1.00 bits per heavy atom. The number of halogens is 3. The summed E-state index contributed by atoms with van der Waals surface area (Å²) in [5, 5.41) is 3.52. The molecule has 2 aromatic rings. The molecule has 2 saturated heterocycles. The second kappa shape index (κ2) is 11.0. The van der Waals surface area contributed by atoms with Crippen molar-refractivity contribution in [2.75, 3.05) is 39.3 Å². The normalized spacial score (nSPS) is 23.4. The van der Waals surface area contributed by atoms with Crippen molar-refractivity contribution in [3.63, 3.8) is 0 Å². The van der Waals surface area contributed by atoms with Crippen molar-refractivity contribution >= 4 is 0 Å². The van der Waals surface area contributed by atoms with Gasteiger partial charge < -0.3 is 10.1 Å². The van der Waals surface area contributed by atoms with E-state index in [9.17, 15) is 13.2 Å². The first-order valence-corrected chi connectivity index (χ1v) is 13.8. The lowest BCUT2D eigenvalue weighted by molar-refractivity contribution is -0.153. The summed E-state index contributed by atoms with van der Waals surface area (Å²) in [6.07, 6.45) is 0.912. The molecule has 0 radical (unpaired) electrons. The van der Waals surface area contributed by atoms with Crippen LogP contribution in [0.3, 0.4) is 0 Å². The maximum atomic E-state index is 12.5. The van der Waals surface area contributed by atoms with Crippen LogP contribution in [0, 0.1) is 5.41 Å². The number of nitrogens with zero attached hydrogens (tertiary/aromatic N) is 2. The number of benzene rings is 2. The maximum Gasteiger partial charge on any atom is 0.422 e. The van der Waals surface area contributed by atoms with Crippen molar-refractivity contribution in [2.24, 2.45) is 5.41 Å². The molecule has 2 aliphatic heterocycles. The van der Waals surface area contributed by atoms with Crippen LogP contribution in [0.2, 0.25) is 0 Å². The Kier molecular flexibility index (Phi) is 7.85. The number of piperazine rings is 1. The van der Waals surface area contributed by atoms with Crippen LogP contribution in [0.4, 0.5) is 13.2 Å². The minimum atomic E-state index is -4.33. The fraction of sp³-hybridized carbons (Fsp3) is 0.600. The molecule has 7 heteroatoms. The molecule has 0 amide bonds. The minimum Gasteiger partial charge on any atom is -0.484 e. The molecule has 202 valence electrons. The van der Waals surface area contributed by atoms with E-state index in [4.69, 9.17) is 4.74 Å². The fourth-order valence-corrected chi connectivity index (χ4v) is 6.71. The number of ether oxygens (including phenoxy) is 1. The van der Waals surface area contributed by atoms with Gasteiger partial charge in [-0.1, -0.05) is 50.2 Å². The molecule has 37 heavy (non-hydrogen) atoms. The van der Waals surface area contributed by atoms with Crippen molar-refractivity contribution < 1.29 is 17.9 Å². The molecule has 0 aromatic heterocycles. The fourth-order valence-electron chi connectivity index (χ4n) is 6.71. The summed E-state index contributed by atoms with van der Waals surface area (Å²) in [4.78, 5) is 5.29. The zero-order chi connectivity index (χ0) is 26.0. The lowest BCUT2D eigenvalue weighted by Gasteiger charge is -2.57. The monoisotopic (exact) mass is 515 g/mol. The van der Waals surface area contributed by atoms with Gasteiger partial charge in [0.15, 0.2) is 6.61 Å². The molecular formula is C30H40F3N3O. The zero-order valence-corrected chi connectivity index (χ0v) is 22.1. The predicted molar refractivity (Wildman–Crippen MR) is 141 cm³/mol. The van der Waals surface area contributed by atoms with Crippen molar-refractivity contribution in [1.82, 2.24) is 15.1 Å². The molecule has 1 unspecified atom stereocenters. The molecule has 3 aliphatic rings. The van der Waals surface area contributed by atoms with Gasteiger partial charge in [0.25, 0.3) is 0 Å². The summed E-state index contributed by atoms with van der Waals surface area (Å²) >= 11 is 0. The first kappa shape index (κ1) is 26.5. The lowest BCUT2D eigenvalue weighted by atomic mass is 9.60. The highest BCUT2D eigenvalue weighted by Gasteiger charge is 2.49. The summed E-state index contributed by atoms with van der Waals surface area (Å²) in [5.74, 6) is 0.723. The average molecular weight is 516 g/mol. The van der Waals surface area contributed by atoms with E-state index in [2.05, 4.69) is 53.2 Å². The Hall–Kier alpha value is -2.09. The van der Waals surface area contributed by atoms with E-state index >= 15 is 0 Å².